The van der Waals surface area contributed by atoms with Gasteiger partial charge >= 0.3 is 0 Å². The van der Waals surface area contributed by atoms with Gasteiger partial charge in [-0.25, -0.2) is 4.57 Å². The van der Waals surface area contributed by atoms with Crippen LogP contribution >= 0.6 is 0 Å². The van der Waals surface area contributed by atoms with Crippen LogP contribution in [0.2, 0.25) is 0 Å². The van der Waals surface area contributed by atoms with Gasteiger partial charge in [0.25, 0.3) is 11.7 Å². The summed E-state index contributed by atoms with van der Waals surface area (Å²) >= 11 is 0. The molecule has 19 heavy (non-hydrogen) atoms. The molecule has 2 rings (SSSR count). The summed E-state index contributed by atoms with van der Waals surface area (Å²) in [5.74, 6) is -0.348. The SMILES string of the molecule is NC(=O)c1cc(-c2ccncc2)c[n+](CCO)c1N. The Balaban J connectivity index is 2.59. The minimum Gasteiger partial charge on any atom is -0.392 e. The number of nitrogens with zero attached hydrogens (tertiary/aromatic N) is 2. The normalized spacial score (nSPS) is 10.4. The van der Waals surface area contributed by atoms with E-state index in [1.165, 1.54) is 0 Å². The number of aromatic nitrogens is 2. The number of aliphatic hydroxyl groups is 1. The lowest BCUT2D eigenvalue weighted by atomic mass is 10.1. The van der Waals surface area contributed by atoms with Crippen molar-refractivity contribution in [3.05, 3.63) is 42.4 Å². The molecule has 0 unspecified atom stereocenters. The molecule has 0 aliphatic heterocycles. The zero-order valence-electron chi connectivity index (χ0n) is 10.3. The van der Waals surface area contributed by atoms with Crippen molar-refractivity contribution >= 4 is 11.7 Å². The van der Waals surface area contributed by atoms with E-state index in [2.05, 4.69) is 4.98 Å². The van der Waals surface area contributed by atoms with Crippen LogP contribution in [0.1, 0.15) is 10.4 Å². The van der Waals surface area contributed by atoms with Gasteiger partial charge in [-0.1, -0.05) is 0 Å². The van der Waals surface area contributed by atoms with Crippen LogP contribution in [-0.4, -0.2) is 22.6 Å². The fraction of sp³-hybridized carbons (Fsp3) is 0.154. The summed E-state index contributed by atoms with van der Waals surface area (Å²) in [4.78, 5) is 15.4. The van der Waals surface area contributed by atoms with Crippen molar-refractivity contribution in [3.63, 3.8) is 0 Å². The summed E-state index contributed by atoms with van der Waals surface area (Å²) < 4.78 is 1.61. The summed E-state index contributed by atoms with van der Waals surface area (Å²) in [6.45, 7) is 0.220. The second-order valence-electron chi connectivity index (χ2n) is 4.04. The van der Waals surface area contributed by atoms with E-state index >= 15 is 0 Å². The minimum absolute atomic E-state index is 0.0765. The van der Waals surface area contributed by atoms with Crippen LogP contribution in [0.4, 0.5) is 5.82 Å². The summed E-state index contributed by atoms with van der Waals surface area (Å²) in [7, 11) is 0. The highest BCUT2D eigenvalue weighted by molar-refractivity contribution is 5.97. The number of hydrogen-bond donors (Lipinski definition) is 3. The Hall–Kier alpha value is -2.47. The fourth-order valence-corrected chi connectivity index (χ4v) is 1.85. The van der Waals surface area contributed by atoms with E-state index in [4.69, 9.17) is 16.6 Å². The first kappa shape index (κ1) is 13.0. The quantitative estimate of drug-likeness (QED) is 0.656. The maximum absolute atomic E-state index is 11.4. The third-order valence-electron chi connectivity index (χ3n) is 2.80. The van der Waals surface area contributed by atoms with Crippen molar-refractivity contribution in [3.8, 4) is 11.1 Å². The average molecular weight is 259 g/mol. The van der Waals surface area contributed by atoms with Crippen molar-refractivity contribution < 1.29 is 14.5 Å². The van der Waals surface area contributed by atoms with E-state index in [-0.39, 0.29) is 18.0 Å². The van der Waals surface area contributed by atoms with Crippen molar-refractivity contribution in [2.24, 2.45) is 5.73 Å². The van der Waals surface area contributed by atoms with Crippen LogP contribution < -0.4 is 16.0 Å². The van der Waals surface area contributed by atoms with Crippen molar-refractivity contribution in [1.82, 2.24) is 4.98 Å². The number of pyridine rings is 2. The van der Waals surface area contributed by atoms with Crippen LogP contribution in [0.25, 0.3) is 11.1 Å². The number of anilines is 1. The second-order valence-corrected chi connectivity index (χ2v) is 4.04. The Labute approximate surface area is 110 Å². The zero-order chi connectivity index (χ0) is 13.8. The van der Waals surface area contributed by atoms with E-state index in [0.717, 1.165) is 11.1 Å². The van der Waals surface area contributed by atoms with Gasteiger partial charge in [0.15, 0.2) is 0 Å². The summed E-state index contributed by atoms with van der Waals surface area (Å²) in [5, 5.41) is 9.03. The predicted molar refractivity (Wildman–Crippen MR) is 69.9 cm³/mol. The Bertz CT molecular complexity index is 599. The monoisotopic (exact) mass is 259 g/mol. The first-order valence-electron chi connectivity index (χ1n) is 5.77. The molecular weight excluding hydrogens is 244 g/mol. The van der Waals surface area contributed by atoms with Gasteiger partial charge in [0.2, 0.25) is 0 Å². The summed E-state index contributed by atoms with van der Waals surface area (Å²) in [5.41, 5.74) is 13.1. The molecule has 2 aromatic rings. The Morgan fingerprint density at radius 1 is 1.32 bits per heavy atom. The molecule has 2 heterocycles. The molecule has 6 heteroatoms. The lowest BCUT2D eigenvalue weighted by Gasteiger charge is -2.08. The van der Waals surface area contributed by atoms with Crippen LogP contribution in [0.3, 0.4) is 0 Å². The standard InChI is InChI=1S/C13H14N4O2/c14-12-11(13(15)19)7-10(8-17(12)5-6-18)9-1-3-16-4-2-9/h1-4,7-8,14,18H,5-6H2,(H2,15,19)/p+1. The Morgan fingerprint density at radius 2 is 2.00 bits per heavy atom. The number of aliphatic hydroxyl groups excluding tert-OH is 1. The highest BCUT2D eigenvalue weighted by atomic mass is 16.3. The van der Waals surface area contributed by atoms with Gasteiger partial charge in [-0.2, -0.15) is 0 Å². The number of carbonyl (C=O) groups is 1. The molecule has 0 aliphatic rings. The molecule has 0 saturated heterocycles. The molecule has 2 aromatic heterocycles. The molecule has 0 atom stereocenters. The topological polar surface area (TPSA) is 106 Å². The molecule has 0 saturated carbocycles. The summed E-state index contributed by atoms with van der Waals surface area (Å²) in [6, 6.07) is 5.28. The predicted octanol–water partition coefficient (Wildman–Crippen LogP) is -0.291. The number of amides is 1. The van der Waals surface area contributed by atoms with Crippen LogP contribution in [-0.2, 0) is 6.54 Å². The Morgan fingerprint density at radius 3 is 2.58 bits per heavy atom. The molecule has 0 spiro atoms. The molecule has 6 nitrogen and oxygen atoms in total. The van der Waals surface area contributed by atoms with Gasteiger partial charge in [-0.3, -0.25) is 15.5 Å². The lowest BCUT2D eigenvalue weighted by molar-refractivity contribution is -0.683. The average Bonchev–Trinajstić information content (AvgIpc) is 2.42. The Kier molecular flexibility index (Phi) is 3.72. The number of carbonyl (C=O) groups excluding carboxylic acids is 1. The van der Waals surface area contributed by atoms with E-state index in [9.17, 15) is 4.79 Å². The molecule has 0 radical (unpaired) electrons. The maximum atomic E-state index is 11.4. The van der Waals surface area contributed by atoms with Gasteiger partial charge in [0, 0.05) is 18.0 Å². The van der Waals surface area contributed by atoms with E-state index < -0.39 is 5.91 Å². The third-order valence-corrected chi connectivity index (χ3v) is 2.80. The molecule has 98 valence electrons. The maximum Gasteiger partial charge on any atom is 0.285 e. The van der Waals surface area contributed by atoms with Crippen molar-refractivity contribution in [1.29, 1.82) is 0 Å². The molecule has 0 bridgehead atoms. The van der Waals surface area contributed by atoms with E-state index in [0.29, 0.717) is 6.54 Å². The van der Waals surface area contributed by atoms with Crippen LogP contribution in [0.5, 0.6) is 0 Å². The first-order chi connectivity index (χ1) is 9.13. The van der Waals surface area contributed by atoms with E-state index in [1.54, 1.807) is 29.2 Å². The lowest BCUT2D eigenvalue weighted by Crippen LogP contribution is -2.40. The summed E-state index contributed by atoms with van der Waals surface area (Å²) in [6.07, 6.45) is 5.09. The van der Waals surface area contributed by atoms with Crippen molar-refractivity contribution in [2.45, 2.75) is 6.54 Å². The first-order valence-corrected chi connectivity index (χ1v) is 5.77. The smallest absolute Gasteiger partial charge is 0.285 e. The largest absolute Gasteiger partial charge is 0.392 e. The van der Waals surface area contributed by atoms with Gasteiger partial charge < -0.3 is 10.8 Å². The molecule has 0 aliphatic carbocycles. The number of nitrogens with two attached hydrogens (primary N) is 2. The fourth-order valence-electron chi connectivity index (χ4n) is 1.85. The van der Waals surface area contributed by atoms with Crippen LogP contribution in [0, 0.1) is 0 Å². The second kappa shape index (κ2) is 5.45. The van der Waals surface area contributed by atoms with Crippen LogP contribution in [0.15, 0.2) is 36.8 Å². The number of primary amides is 1. The zero-order valence-corrected chi connectivity index (χ0v) is 10.3. The minimum atomic E-state index is -0.597. The van der Waals surface area contributed by atoms with Gasteiger partial charge in [0.1, 0.15) is 12.1 Å². The van der Waals surface area contributed by atoms with E-state index in [1.807, 2.05) is 12.1 Å². The van der Waals surface area contributed by atoms with Gasteiger partial charge in [0.05, 0.1) is 12.8 Å². The molecular formula is C13H15N4O2+. The molecule has 1 amide bonds. The van der Waals surface area contributed by atoms with Gasteiger partial charge in [-0.05, 0) is 23.8 Å². The third kappa shape index (κ3) is 2.69. The highest BCUT2D eigenvalue weighted by Gasteiger charge is 2.18. The van der Waals surface area contributed by atoms with Crippen molar-refractivity contribution in [2.75, 3.05) is 12.3 Å². The van der Waals surface area contributed by atoms with Gasteiger partial charge in [-0.15, -0.1) is 0 Å². The number of nitrogen functional groups attached to an aromatic ring is 1. The molecule has 0 aromatic carbocycles. The molecule has 5 N–H and O–H groups in total. The number of rotatable bonds is 4. The highest BCUT2D eigenvalue weighted by Crippen LogP contribution is 2.20. The number of hydrogen-bond acceptors (Lipinski definition) is 4. The molecule has 0 fully saturated rings.